The van der Waals surface area contributed by atoms with Crippen molar-refractivity contribution in [1.82, 2.24) is 4.98 Å². The van der Waals surface area contributed by atoms with Gasteiger partial charge in [-0.25, -0.2) is 4.79 Å². The Labute approximate surface area is 80.1 Å². The van der Waals surface area contributed by atoms with Gasteiger partial charge in [0.1, 0.15) is 0 Å². The van der Waals surface area contributed by atoms with E-state index in [1.165, 1.54) is 19.4 Å². The van der Waals surface area contributed by atoms with Crippen LogP contribution in [0, 0.1) is 0 Å². The smallest absolute Gasteiger partial charge is 0.337 e. The Morgan fingerprint density at radius 1 is 1.77 bits per heavy atom. The van der Waals surface area contributed by atoms with Crippen molar-refractivity contribution in [3.8, 4) is 0 Å². The van der Waals surface area contributed by atoms with Crippen molar-refractivity contribution in [2.75, 3.05) is 7.11 Å². The Kier molecular flexibility index (Phi) is 3.22. The number of hydrogen-bond acceptors (Lipinski definition) is 3. The van der Waals surface area contributed by atoms with Gasteiger partial charge in [-0.05, 0) is 6.07 Å². The molecule has 70 valence electrons. The van der Waals surface area contributed by atoms with Crippen LogP contribution in [0.3, 0.4) is 0 Å². The number of carboxylic acids is 1. The molecule has 0 saturated carbocycles. The summed E-state index contributed by atoms with van der Waals surface area (Å²) in [7, 11) is 1.47. The molecule has 0 bridgehead atoms. The van der Waals surface area contributed by atoms with Crippen molar-refractivity contribution < 1.29 is 14.6 Å². The number of rotatable bonds is 3. The summed E-state index contributed by atoms with van der Waals surface area (Å²) in [4.78, 5) is 14.5. The molecule has 5 heteroatoms. The highest BCUT2D eigenvalue weighted by Crippen LogP contribution is 2.13. The second-order valence-electron chi connectivity index (χ2n) is 2.39. The SMILES string of the molecule is COCc1ncc(Cl)cc1C(=O)O. The molecule has 4 nitrogen and oxygen atoms in total. The molecule has 0 unspecified atom stereocenters. The number of ether oxygens (including phenoxy) is 1. The second-order valence-corrected chi connectivity index (χ2v) is 2.82. The van der Waals surface area contributed by atoms with E-state index in [4.69, 9.17) is 21.4 Å². The standard InChI is InChI=1S/C8H8ClNO3/c1-13-4-7-6(8(11)12)2-5(9)3-10-7/h2-3H,4H2,1H3,(H,11,12). The number of pyridine rings is 1. The number of carboxylic acid groups (broad SMARTS) is 1. The van der Waals surface area contributed by atoms with E-state index in [-0.39, 0.29) is 12.2 Å². The summed E-state index contributed by atoms with van der Waals surface area (Å²) in [6.45, 7) is 0.165. The summed E-state index contributed by atoms with van der Waals surface area (Å²) < 4.78 is 4.79. The second kappa shape index (κ2) is 4.20. The number of carbonyl (C=O) groups is 1. The fraction of sp³-hybridized carbons (Fsp3) is 0.250. The van der Waals surface area contributed by atoms with Crippen molar-refractivity contribution in [3.63, 3.8) is 0 Å². The average Bonchev–Trinajstić information content (AvgIpc) is 2.08. The van der Waals surface area contributed by atoms with Gasteiger partial charge in [-0.2, -0.15) is 0 Å². The van der Waals surface area contributed by atoms with E-state index >= 15 is 0 Å². The van der Waals surface area contributed by atoms with Gasteiger partial charge in [0.2, 0.25) is 0 Å². The van der Waals surface area contributed by atoms with Crippen LogP contribution in [0.1, 0.15) is 16.1 Å². The van der Waals surface area contributed by atoms with E-state index in [0.717, 1.165) is 0 Å². The Balaban J connectivity index is 3.10. The number of nitrogens with zero attached hydrogens (tertiary/aromatic N) is 1. The van der Waals surface area contributed by atoms with E-state index in [2.05, 4.69) is 4.98 Å². The minimum Gasteiger partial charge on any atom is -0.478 e. The lowest BCUT2D eigenvalue weighted by molar-refractivity contribution is 0.0690. The molecule has 0 aliphatic rings. The van der Waals surface area contributed by atoms with E-state index in [1.807, 2.05) is 0 Å². The zero-order chi connectivity index (χ0) is 9.84. The van der Waals surface area contributed by atoms with Gasteiger partial charge < -0.3 is 9.84 Å². The Bertz CT molecular complexity index is 327. The largest absolute Gasteiger partial charge is 0.478 e. The molecule has 0 spiro atoms. The molecule has 13 heavy (non-hydrogen) atoms. The molecule has 0 amide bonds. The maximum Gasteiger partial charge on any atom is 0.337 e. The number of aromatic carboxylic acids is 1. The fourth-order valence-electron chi connectivity index (χ4n) is 0.904. The first-order valence-corrected chi connectivity index (χ1v) is 3.89. The third-order valence-electron chi connectivity index (χ3n) is 1.45. The normalized spacial score (nSPS) is 10.0. The molecule has 0 radical (unpaired) electrons. The molecule has 1 heterocycles. The fourth-order valence-corrected chi connectivity index (χ4v) is 1.06. The summed E-state index contributed by atoms with van der Waals surface area (Å²) in [5.74, 6) is -1.05. The zero-order valence-electron chi connectivity index (χ0n) is 6.95. The van der Waals surface area contributed by atoms with E-state index in [9.17, 15) is 4.79 Å². The summed E-state index contributed by atoms with van der Waals surface area (Å²) in [5, 5.41) is 9.07. The molecule has 0 fully saturated rings. The average molecular weight is 202 g/mol. The van der Waals surface area contributed by atoms with E-state index in [0.29, 0.717) is 10.7 Å². The molecule has 0 aliphatic heterocycles. The monoisotopic (exact) mass is 201 g/mol. The quantitative estimate of drug-likeness (QED) is 0.807. The van der Waals surface area contributed by atoms with Gasteiger partial charge in [0.05, 0.1) is 22.9 Å². The summed E-state index contributed by atoms with van der Waals surface area (Å²) in [6.07, 6.45) is 1.39. The molecule has 1 aromatic rings. The van der Waals surface area contributed by atoms with Crippen LogP contribution in [0.4, 0.5) is 0 Å². The summed E-state index contributed by atoms with van der Waals surface area (Å²) >= 11 is 5.59. The highest BCUT2D eigenvalue weighted by atomic mass is 35.5. The number of halogens is 1. The van der Waals surface area contributed by atoms with Crippen molar-refractivity contribution in [1.29, 1.82) is 0 Å². The van der Waals surface area contributed by atoms with Crippen molar-refractivity contribution in [3.05, 3.63) is 28.5 Å². The third kappa shape index (κ3) is 2.40. The topological polar surface area (TPSA) is 59.4 Å². The maximum absolute atomic E-state index is 10.7. The van der Waals surface area contributed by atoms with E-state index in [1.54, 1.807) is 0 Å². The van der Waals surface area contributed by atoms with Crippen molar-refractivity contribution in [2.24, 2.45) is 0 Å². The first-order valence-electron chi connectivity index (χ1n) is 3.52. The van der Waals surface area contributed by atoms with Crippen LogP contribution >= 0.6 is 11.6 Å². The van der Waals surface area contributed by atoms with Crippen LogP contribution in [-0.4, -0.2) is 23.2 Å². The molecule has 1 rings (SSSR count). The molecule has 0 aromatic carbocycles. The van der Waals surface area contributed by atoms with Gasteiger partial charge in [-0.1, -0.05) is 11.6 Å². The summed E-state index contributed by atoms with van der Waals surface area (Å²) in [6, 6.07) is 1.35. The van der Waals surface area contributed by atoms with Gasteiger partial charge in [0, 0.05) is 13.3 Å². The van der Waals surface area contributed by atoms with Gasteiger partial charge in [0.15, 0.2) is 0 Å². The lowest BCUT2D eigenvalue weighted by Gasteiger charge is -2.03. The predicted molar refractivity (Wildman–Crippen MR) is 46.9 cm³/mol. The minimum atomic E-state index is -1.05. The zero-order valence-corrected chi connectivity index (χ0v) is 7.71. The van der Waals surface area contributed by atoms with Crippen LogP contribution in [-0.2, 0) is 11.3 Å². The van der Waals surface area contributed by atoms with Crippen LogP contribution < -0.4 is 0 Å². The molecule has 0 aliphatic carbocycles. The Morgan fingerprint density at radius 3 is 3.00 bits per heavy atom. The Hall–Kier alpha value is -1.13. The van der Waals surface area contributed by atoms with Gasteiger partial charge in [-0.15, -0.1) is 0 Å². The van der Waals surface area contributed by atoms with Gasteiger partial charge in [-0.3, -0.25) is 4.98 Å². The van der Waals surface area contributed by atoms with Crippen LogP contribution in [0.15, 0.2) is 12.3 Å². The van der Waals surface area contributed by atoms with E-state index < -0.39 is 5.97 Å². The molecule has 0 saturated heterocycles. The molecule has 1 aromatic heterocycles. The predicted octanol–water partition coefficient (Wildman–Crippen LogP) is 1.58. The first-order chi connectivity index (χ1) is 6.15. The maximum atomic E-state index is 10.7. The van der Waals surface area contributed by atoms with Crippen LogP contribution in [0.5, 0.6) is 0 Å². The van der Waals surface area contributed by atoms with Crippen LogP contribution in [0.25, 0.3) is 0 Å². The molecule has 1 N–H and O–H groups in total. The molecule has 0 atom stereocenters. The highest BCUT2D eigenvalue weighted by molar-refractivity contribution is 6.30. The van der Waals surface area contributed by atoms with Gasteiger partial charge >= 0.3 is 5.97 Å². The van der Waals surface area contributed by atoms with Crippen molar-refractivity contribution in [2.45, 2.75) is 6.61 Å². The summed E-state index contributed by atoms with van der Waals surface area (Å²) in [5.41, 5.74) is 0.453. The number of hydrogen-bond donors (Lipinski definition) is 1. The molecular weight excluding hydrogens is 194 g/mol. The molecular formula is C8H8ClNO3. The van der Waals surface area contributed by atoms with Crippen molar-refractivity contribution >= 4 is 17.6 Å². The lowest BCUT2D eigenvalue weighted by atomic mass is 10.2. The lowest BCUT2D eigenvalue weighted by Crippen LogP contribution is -2.05. The van der Waals surface area contributed by atoms with Crippen LogP contribution in [0.2, 0.25) is 5.02 Å². The Morgan fingerprint density at radius 2 is 2.46 bits per heavy atom. The number of aromatic nitrogens is 1. The number of methoxy groups -OCH3 is 1. The minimum absolute atomic E-state index is 0.0781. The van der Waals surface area contributed by atoms with Gasteiger partial charge in [0.25, 0.3) is 0 Å². The third-order valence-corrected chi connectivity index (χ3v) is 1.66. The highest BCUT2D eigenvalue weighted by Gasteiger charge is 2.11. The first kappa shape index (κ1) is 9.95.